The largest absolute Gasteiger partial charge is 0.320 e. The molecule has 2 rings (SSSR count). The van der Waals surface area contributed by atoms with E-state index in [0.717, 1.165) is 16.9 Å². The van der Waals surface area contributed by atoms with Crippen molar-refractivity contribution in [1.29, 1.82) is 0 Å². The summed E-state index contributed by atoms with van der Waals surface area (Å²) in [6.45, 7) is 2.12. The van der Waals surface area contributed by atoms with Gasteiger partial charge in [0.25, 0.3) is 10.0 Å². The van der Waals surface area contributed by atoms with Crippen LogP contribution in [0.15, 0.2) is 34.5 Å². The second-order valence-electron chi connectivity index (χ2n) is 4.22. The van der Waals surface area contributed by atoms with Crippen molar-refractivity contribution in [3.63, 3.8) is 0 Å². The first-order valence-electron chi connectivity index (χ1n) is 6.00. The Bertz CT molecular complexity index is 817. The van der Waals surface area contributed by atoms with E-state index in [-0.39, 0.29) is 10.8 Å². The highest BCUT2D eigenvalue weighted by atomic mass is 35.5. The van der Waals surface area contributed by atoms with Crippen molar-refractivity contribution < 1.29 is 8.42 Å². The zero-order valence-electron chi connectivity index (χ0n) is 11.2. The van der Waals surface area contributed by atoms with Crippen LogP contribution in [0.4, 0.5) is 5.69 Å². The SMILES string of the molecule is Cc1ccc(NS(=O)(=O)c2ccc(Cl)s2)c(C#CCN)c1. The van der Waals surface area contributed by atoms with Crippen molar-refractivity contribution >= 4 is 38.6 Å². The molecule has 0 amide bonds. The molecule has 3 N–H and O–H groups in total. The van der Waals surface area contributed by atoms with E-state index in [9.17, 15) is 8.42 Å². The van der Waals surface area contributed by atoms with Crippen LogP contribution in [0.1, 0.15) is 11.1 Å². The van der Waals surface area contributed by atoms with Crippen molar-refractivity contribution in [1.82, 2.24) is 0 Å². The fourth-order valence-electron chi connectivity index (χ4n) is 1.63. The van der Waals surface area contributed by atoms with Gasteiger partial charge in [0.2, 0.25) is 0 Å². The van der Waals surface area contributed by atoms with Gasteiger partial charge in [0.1, 0.15) is 4.21 Å². The first kappa shape index (κ1) is 15.9. The molecule has 110 valence electrons. The van der Waals surface area contributed by atoms with Gasteiger partial charge in [-0.2, -0.15) is 0 Å². The van der Waals surface area contributed by atoms with Crippen molar-refractivity contribution in [3.8, 4) is 11.8 Å². The number of hydrogen-bond acceptors (Lipinski definition) is 4. The third kappa shape index (κ3) is 3.99. The van der Waals surface area contributed by atoms with Gasteiger partial charge in [-0.15, -0.1) is 11.3 Å². The van der Waals surface area contributed by atoms with E-state index in [1.807, 2.05) is 19.1 Å². The van der Waals surface area contributed by atoms with Crippen molar-refractivity contribution in [2.24, 2.45) is 5.73 Å². The van der Waals surface area contributed by atoms with Crippen LogP contribution in [0.5, 0.6) is 0 Å². The standard InChI is InChI=1S/C14H13ClN2O2S2/c1-10-4-5-12(11(9-10)3-2-8-16)17-21(18,19)14-7-6-13(15)20-14/h4-7,9,17H,8,16H2,1H3. The lowest BCUT2D eigenvalue weighted by Gasteiger charge is -2.09. The van der Waals surface area contributed by atoms with Crippen LogP contribution in [-0.2, 0) is 10.0 Å². The summed E-state index contributed by atoms with van der Waals surface area (Å²) in [5.74, 6) is 5.59. The van der Waals surface area contributed by atoms with Gasteiger partial charge in [-0.25, -0.2) is 8.42 Å². The Hall–Kier alpha value is -1.52. The molecule has 0 bridgehead atoms. The van der Waals surface area contributed by atoms with Gasteiger partial charge in [-0.3, -0.25) is 4.72 Å². The predicted octanol–water partition coefficient (Wildman–Crippen LogP) is 2.82. The molecular weight excluding hydrogens is 328 g/mol. The average molecular weight is 341 g/mol. The second kappa shape index (κ2) is 6.50. The fourth-order valence-corrected chi connectivity index (χ4v) is 4.20. The molecular formula is C14H13ClN2O2S2. The molecule has 0 unspecified atom stereocenters. The van der Waals surface area contributed by atoms with E-state index in [2.05, 4.69) is 16.6 Å². The number of nitrogens with two attached hydrogens (primary N) is 1. The number of nitrogens with one attached hydrogen (secondary N) is 1. The number of benzene rings is 1. The summed E-state index contributed by atoms with van der Waals surface area (Å²) < 4.78 is 27.7. The lowest BCUT2D eigenvalue weighted by Crippen LogP contribution is -2.12. The monoisotopic (exact) mass is 340 g/mol. The van der Waals surface area contributed by atoms with Crippen LogP contribution in [0, 0.1) is 18.8 Å². The number of hydrogen-bond donors (Lipinski definition) is 2. The molecule has 0 aliphatic rings. The van der Waals surface area contributed by atoms with Gasteiger partial charge in [-0.05, 0) is 36.8 Å². The molecule has 2 aromatic rings. The van der Waals surface area contributed by atoms with Crippen LogP contribution in [0.2, 0.25) is 4.34 Å². The zero-order chi connectivity index (χ0) is 15.5. The Morgan fingerprint density at radius 1 is 1.33 bits per heavy atom. The Balaban J connectivity index is 2.39. The minimum Gasteiger partial charge on any atom is -0.320 e. The van der Waals surface area contributed by atoms with Crippen LogP contribution in [-0.4, -0.2) is 15.0 Å². The van der Waals surface area contributed by atoms with Gasteiger partial charge in [-0.1, -0.05) is 29.5 Å². The van der Waals surface area contributed by atoms with E-state index in [1.54, 1.807) is 12.1 Å². The molecule has 0 saturated heterocycles. The maximum absolute atomic E-state index is 12.3. The normalized spacial score (nSPS) is 10.8. The van der Waals surface area contributed by atoms with Crippen LogP contribution in [0.3, 0.4) is 0 Å². The van der Waals surface area contributed by atoms with Crippen molar-refractivity contribution in [2.45, 2.75) is 11.1 Å². The number of thiophene rings is 1. The summed E-state index contributed by atoms with van der Waals surface area (Å²) >= 11 is 6.78. The summed E-state index contributed by atoms with van der Waals surface area (Å²) in [5.41, 5.74) is 7.36. The second-order valence-corrected chi connectivity index (χ2v) is 7.84. The van der Waals surface area contributed by atoms with E-state index in [4.69, 9.17) is 17.3 Å². The summed E-state index contributed by atoms with van der Waals surface area (Å²) in [7, 11) is -3.67. The molecule has 21 heavy (non-hydrogen) atoms. The topological polar surface area (TPSA) is 72.2 Å². The Kier molecular flexibility index (Phi) is 4.91. The first-order valence-corrected chi connectivity index (χ1v) is 8.68. The van der Waals surface area contributed by atoms with Gasteiger partial charge >= 0.3 is 0 Å². The molecule has 0 radical (unpaired) electrons. The molecule has 1 aromatic carbocycles. The first-order chi connectivity index (χ1) is 9.92. The van der Waals surface area contributed by atoms with Gasteiger partial charge in [0.05, 0.1) is 16.6 Å². The summed E-state index contributed by atoms with van der Waals surface area (Å²) in [5, 5.41) is 0. The highest BCUT2D eigenvalue weighted by molar-refractivity contribution is 7.94. The summed E-state index contributed by atoms with van der Waals surface area (Å²) in [6.07, 6.45) is 0. The molecule has 1 heterocycles. The quantitative estimate of drug-likeness (QED) is 0.844. The van der Waals surface area contributed by atoms with E-state index in [1.165, 1.54) is 6.07 Å². The summed E-state index contributed by atoms with van der Waals surface area (Å²) in [6, 6.07) is 8.32. The maximum Gasteiger partial charge on any atom is 0.271 e. The van der Waals surface area contributed by atoms with E-state index >= 15 is 0 Å². The van der Waals surface area contributed by atoms with Gasteiger partial charge in [0.15, 0.2) is 0 Å². The minimum absolute atomic E-state index is 0.158. The van der Waals surface area contributed by atoms with Crippen LogP contribution in [0.25, 0.3) is 0 Å². The fraction of sp³-hybridized carbons (Fsp3) is 0.143. The number of halogens is 1. The van der Waals surface area contributed by atoms with Crippen LogP contribution >= 0.6 is 22.9 Å². The number of sulfonamides is 1. The smallest absolute Gasteiger partial charge is 0.271 e. The lowest BCUT2D eigenvalue weighted by atomic mass is 10.1. The van der Waals surface area contributed by atoms with Gasteiger partial charge < -0.3 is 5.73 Å². The third-order valence-electron chi connectivity index (χ3n) is 2.56. The molecule has 0 spiro atoms. The zero-order valence-corrected chi connectivity index (χ0v) is 13.6. The molecule has 4 nitrogen and oxygen atoms in total. The predicted molar refractivity (Wildman–Crippen MR) is 87.2 cm³/mol. The van der Waals surface area contributed by atoms with Gasteiger partial charge in [0, 0.05) is 5.56 Å². The number of rotatable bonds is 3. The number of anilines is 1. The van der Waals surface area contributed by atoms with E-state index < -0.39 is 10.0 Å². The molecule has 0 fully saturated rings. The maximum atomic E-state index is 12.3. The highest BCUT2D eigenvalue weighted by Crippen LogP contribution is 2.28. The number of aryl methyl sites for hydroxylation is 1. The Morgan fingerprint density at radius 2 is 2.10 bits per heavy atom. The average Bonchev–Trinajstić information content (AvgIpc) is 2.86. The van der Waals surface area contributed by atoms with Crippen molar-refractivity contribution in [3.05, 3.63) is 45.8 Å². The highest BCUT2D eigenvalue weighted by Gasteiger charge is 2.18. The molecule has 7 heteroatoms. The Morgan fingerprint density at radius 3 is 2.71 bits per heavy atom. The van der Waals surface area contributed by atoms with Crippen molar-refractivity contribution in [2.75, 3.05) is 11.3 Å². The van der Waals surface area contributed by atoms with E-state index in [0.29, 0.717) is 15.6 Å². The minimum atomic E-state index is -3.67. The molecule has 0 aliphatic heterocycles. The lowest BCUT2D eigenvalue weighted by molar-refractivity contribution is 0.603. The summed E-state index contributed by atoms with van der Waals surface area (Å²) in [4.78, 5) is 0. The molecule has 0 atom stereocenters. The molecule has 0 aliphatic carbocycles. The molecule has 0 saturated carbocycles. The van der Waals surface area contributed by atoms with Crippen LogP contribution < -0.4 is 10.5 Å². The molecule has 1 aromatic heterocycles. The third-order valence-corrected chi connectivity index (χ3v) is 5.65. The Labute approximate surface area is 133 Å².